The van der Waals surface area contributed by atoms with Crippen molar-refractivity contribution in [3.8, 4) is 5.75 Å². The molecule has 0 unspecified atom stereocenters. The molecule has 0 atom stereocenters. The van der Waals surface area contributed by atoms with Crippen molar-refractivity contribution in [3.63, 3.8) is 0 Å². The van der Waals surface area contributed by atoms with Gasteiger partial charge in [-0.2, -0.15) is 0 Å². The SMILES string of the molecule is COc1cccc(NC(=O)c2ccc3nc(C)ccc3c2)c1F. The van der Waals surface area contributed by atoms with E-state index < -0.39 is 5.82 Å². The Hall–Kier alpha value is -2.95. The molecule has 0 spiro atoms. The molecular formula is C18H15FN2O2. The van der Waals surface area contributed by atoms with E-state index in [0.29, 0.717) is 5.56 Å². The largest absolute Gasteiger partial charge is 0.494 e. The van der Waals surface area contributed by atoms with Crippen LogP contribution in [-0.2, 0) is 0 Å². The number of rotatable bonds is 3. The van der Waals surface area contributed by atoms with E-state index in [1.807, 2.05) is 19.1 Å². The van der Waals surface area contributed by atoms with Gasteiger partial charge in [0.15, 0.2) is 11.6 Å². The van der Waals surface area contributed by atoms with Gasteiger partial charge in [0.25, 0.3) is 5.91 Å². The van der Waals surface area contributed by atoms with Crippen molar-refractivity contribution in [1.82, 2.24) is 4.98 Å². The molecule has 0 aliphatic rings. The van der Waals surface area contributed by atoms with Crippen molar-refractivity contribution >= 4 is 22.5 Å². The second-order valence-electron chi connectivity index (χ2n) is 5.14. The average Bonchev–Trinajstić information content (AvgIpc) is 2.56. The number of benzene rings is 2. The predicted molar refractivity (Wildman–Crippen MR) is 87.4 cm³/mol. The number of aryl methyl sites for hydroxylation is 1. The van der Waals surface area contributed by atoms with E-state index in [2.05, 4.69) is 10.3 Å². The number of carbonyl (C=O) groups excluding carboxylic acids is 1. The minimum absolute atomic E-state index is 0.0801. The summed E-state index contributed by atoms with van der Waals surface area (Å²) in [5.41, 5.74) is 2.24. The molecule has 116 valence electrons. The highest BCUT2D eigenvalue weighted by molar-refractivity contribution is 6.06. The van der Waals surface area contributed by atoms with Crippen LogP contribution in [0, 0.1) is 12.7 Å². The molecule has 23 heavy (non-hydrogen) atoms. The first-order valence-corrected chi connectivity index (χ1v) is 7.10. The maximum absolute atomic E-state index is 14.1. The maximum atomic E-state index is 14.1. The quantitative estimate of drug-likeness (QED) is 0.797. The summed E-state index contributed by atoms with van der Waals surface area (Å²) in [5.74, 6) is -0.901. The van der Waals surface area contributed by atoms with E-state index in [1.165, 1.54) is 19.2 Å². The molecule has 5 heteroatoms. The zero-order chi connectivity index (χ0) is 16.4. The minimum atomic E-state index is -0.596. The molecule has 0 aliphatic heterocycles. The number of aromatic nitrogens is 1. The van der Waals surface area contributed by atoms with Crippen molar-refractivity contribution in [2.45, 2.75) is 6.92 Å². The van der Waals surface area contributed by atoms with Gasteiger partial charge in [0.05, 0.1) is 18.3 Å². The molecule has 0 radical (unpaired) electrons. The lowest BCUT2D eigenvalue weighted by atomic mass is 10.1. The Labute approximate surface area is 132 Å². The number of amides is 1. The summed E-state index contributed by atoms with van der Waals surface area (Å²) in [7, 11) is 1.38. The molecule has 3 aromatic rings. The van der Waals surface area contributed by atoms with E-state index in [-0.39, 0.29) is 17.3 Å². The van der Waals surface area contributed by atoms with Crippen molar-refractivity contribution in [2.24, 2.45) is 0 Å². The van der Waals surface area contributed by atoms with Gasteiger partial charge in [-0.3, -0.25) is 9.78 Å². The Kier molecular flexibility index (Phi) is 3.93. The van der Waals surface area contributed by atoms with Crippen molar-refractivity contribution in [1.29, 1.82) is 0 Å². The summed E-state index contributed by atoms with van der Waals surface area (Å²) in [4.78, 5) is 16.7. The molecular weight excluding hydrogens is 295 g/mol. The van der Waals surface area contributed by atoms with Crippen LogP contribution >= 0.6 is 0 Å². The van der Waals surface area contributed by atoms with Crippen LogP contribution in [0.3, 0.4) is 0 Å². The molecule has 0 saturated carbocycles. The molecule has 1 N–H and O–H groups in total. The fraction of sp³-hybridized carbons (Fsp3) is 0.111. The number of methoxy groups -OCH3 is 1. The van der Waals surface area contributed by atoms with Crippen LogP contribution in [-0.4, -0.2) is 18.0 Å². The first-order chi connectivity index (χ1) is 11.1. The van der Waals surface area contributed by atoms with Gasteiger partial charge in [0, 0.05) is 16.6 Å². The predicted octanol–water partition coefficient (Wildman–Crippen LogP) is 3.94. The summed E-state index contributed by atoms with van der Waals surface area (Å²) >= 11 is 0. The Morgan fingerprint density at radius 3 is 2.78 bits per heavy atom. The number of fused-ring (bicyclic) bond motifs is 1. The van der Waals surface area contributed by atoms with Gasteiger partial charge in [-0.05, 0) is 43.3 Å². The molecule has 0 bridgehead atoms. The highest BCUT2D eigenvalue weighted by atomic mass is 19.1. The first-order valence-electron chi connectivity index (χ1n) is 7.10. The summed E-state index contributed by atoms with van der Waals surface area (Å²) in [5, 5.41) is 3.42. The van der Waals surface area contributed by atoms with Crippen molar-refractivity contribution < 1.29 is 13.9 Å². The number of nitrogens with one attached hydrogen (secondary N) is 1. The number of anilines is 1. The lowest BCUT2D eigenvalue weighted by Crippen LogP contribution is -2.13. The lowest BCUT2D eigenvalue weighted by Gasteiger charge is -2.09. The lowest BCUT2D eigenvalue weighted by molar-refractivity contribution is 0.102. The number of ether oxygens (including phenoxy) is 1. The van der Waals surface area contributed by atoms with E-state index in [9.17, 15) is 9.18 Å². The number of hydrogen-bond donors (Lipinski definition) is 1. The maximum Gasteiger partial charge on any atom is 0.255 e. The van der Waals surface area contributed by atoms with Crippen molar-refractivity contribution in [3.05, 3.63) is 65.6 Å². The summed E-state index contributed by atoms with van der Waals surface area (Å²) in [6.07, 6.45) is 0. The Morgan fingerprint density at radius 1 is 1.17 bits per heavy atom. The third-order valence-corrected chi connectivity index (χ3v) is 3.52. The standard InChI is InChI=1S/C18H15FN2O2/c1-11-6-7-12-10-13(8-9-14(12)20-11)18(22)21-15-4-3-5-16(23-2)17(15)19/h3-10H,1-2H3,(H,21,22). The Morgan fingerprint density at radius 2 is 2.00 bits per heavy atom. The first kappa shape index (κ1) is 15.0. The summed E-state index contributed by atoms with van der Waals surface area (Å²) in [6, 6.07) is 13.6. The second kappa shape index (κ2) is 6.04. The topological polar surface area (TPSA) is 51.2 Å². The second-order valence-corrected chi connectivity index (χ2v) is 5.14. The van der Waals surface area contributed by atoms with E-state index in [4.69, 9.17) is 4.74 Å². The third kappa shape index (κ3) is 2.99. The van der Waals surface area contributed by atoms with Crippen LogP contribution in [0.15, 0.2) is 48.5 Å². The molecule has 1 amide bonds. The molecule has 0 aliphatic carbocycles. The molecule has 0 saturated heterocycles. The zero-order valence-electron chi connectivity index (χ0n) is 12.8. The fourth-order valence-electron chi connectivity index (χ4n) is 2.33. The summed E-state index contributed by atoms with van der Waals surface area (Å²) < 4.78 is 19.0. The van der Waals surface area contributed by atoms with Gasteiger partial charge in [-0.15, -0.1) is 0 Å². The van der Waals surface area contributed by atoms with Crippen LogP contribution in [0.5, 0.6) is 5.75 Å². The average molecular weight is 310 g/mol. The highest BCUT2D eigenvalue weighted by Gasteiger charge is 2.13. The van der Waals surface area contributed by atoms with Crippen LogP contribution in [0.2, 0.25) is 0 Å². The molecule has 4 nitrogen and oxygen atoms in total. The van der Waals surface area contributed by atoms with Crippen LogP contribution in [0.1, 0.15) is 16.1 Å². The molecule has 3 rings (SSSR count). The minimum Gasteiger partial charge on any atom is -0.494 e. The van der Waals surface area contributed by atoms with Crippen LogP contribution in [0.4, 0.5) is 10.1 Å². The Balaban J connectivity index is 1.90. The monoisotopic (exact) mass is 310 g/mol. The fourth-order valence-corrected chi connectivity index (χ4v) is 2.33. The van der Waals surface area contributed by atoms with Crippen LogP contribution < -0.4 is 10.1 Å². The normalized spacial score (nSPS) is 10.6. The molecule has 1 aromatic heterocycles. The van der Waals surface area contributed by atoms with Gasteiger partial charge in [0.1, 0.15) is 0 Å². The van der Waals surface area contributed by atoms with Gasteiger partial charge in [-0.1, -0.05) is 12.1 Å². The number of halogens is 1. The number of carbonyl (C=O) groups is 1. The van der Waals surface area contributed by atoms with E-state index in [0.717, 1.165) is 16.6 Å². The zero-order valence-corrected chi connectivity index (χ0v) is 12.8. The number of hydrogen-bond acceptors (Lipinski definition) is 3. The molecule has 2 aromatic carbocycles. The number of nitrogens with zero attached hydrogens (tertiary/aromatic N) is 1. The van der Waals surface area contributed by atoms with E-state index >= 15 is 0 Å². The summed E-state index contributed by atoms with van der Waals surface area (Å²) in [6.45, 7) is 1.91. The van der Waals surface area contributed by atoms with Crippen molar-refractivity contribution in [2.75, 3.05) is 12.4 Å². The molecule has 0 fully saturated rings. The Bertz CT molecular complexity index is 893. The highest BCUT2D eigenvalue weighted by Crippen LogP contribution is 2.24. The van der Waals surface area contributed by atoms with Gasteiger partial charge < -0.3 is 10.1 Å². The van der Waals surface area contributed by atoms with E-state index in [1.54, 1.807) is 24.3 Å². The van der Waals surface area contributed by atoms with Gasteiger partial charge >= 0.3 is 0 Å². The number of pyridine rings is 1. The third-order valence-electron chi connectivity index (χ3n) is 3.52. The smallest absolute Gasteiger partial charge is 0.255 e. The van der Waals surface area contributed by atoms with Gasteiger partial charge in [-0.25, -0.2) is 4.39 Å². The molecule has 1 heterocycles. The van der Waals surface area contributed by atoms with Gasteiger partial charge in [0.2, 0.25) is 0 Å². The van der Waals surface area contributed by atoms with Crippen LogP contribution in [0.25, 0.3) is 10.9 Å².